The third kappa shape index (κ3) is 4.42. The summed E-state index contributed by atoms with van der Waals surface area (Å²) in [6.45, 7) is 3.54. The summed E-state index contributed by atoms with van der Waals surface area (Å²) in [7, 11) is 0. The van der Waals surface area contributed by atoms with Crippen molar-refractivity contribution in [2.75, 3.05) is 0 Å². The molecule has 1 aromatic carbocycles. The van der Waals surface area contributed by atoms with Gasteiger partial charge in [-0.05, 0) is 79.0 Å². The highest BCUT2D eigenvalue weighted by Crippen LogP contribution is 2.29. The number of aromatic nitrogens is 5. The minimum absolute atomic E-state index is 0.0294. The standard InChI is InChI=1S/C24H32N6O/c1-17-11-12-18-14-19(24(31)25-22(18)13-17)15-29(20-7-3-2-4-8-20)16-23-26-27-28-30(23)21-9-5-6-10-21/h11-14,20-21H,2-10,15-16H2,1H3,(H,25,31)/p+1. The summed E-state index contributed by atoms with van der Waals surface area (Å²) < 4.78 is 2.07. The fourth-order valence-corrected chi connectivity index (χ4v) is 5.56. The highest BCUT2D eigenvalue weighted by atomic mass is 16.1. The number of hydrogen-bond acceptors (Lipinski definition) is 4. The van der Waals surface area contributed by atoms with Gasteiger partial charge in [-0.3, -0.25) is 4.79 Å². The van der Waals surface area contributed by atoms with Crippen LogP contribution in [0.5, 0.6) is 0 Å². The maximum absolute atomic E-state index is 12.9. The number of pyridine rings is 1. The van der Waals surface area contributed by atoms with E-state index in [1.807, 2.05) is 6.07 Å². The fraction of sp³-hybridized carbons (Fsp3) is 0.583. The van der Waals surface area contributed by atoms with Gasteiger partial charge in [-0.25, -0.2) is 4.68 Å². The van der Waals surface area contributed by atoms with Crippen molar-refractivity contribution in [1.29, 1.82) is 0 Å². The third-order valence-electron chi connectivity index (χ3n) is 7.30. The topological polar surface area (TPSA) is 80.9 Å². The van der Waals surface area contributed by atoms with E-state index in [4.69, 9.17) is 0 Å². The van der Waals surface area contributed by atoms with Gasteiger partial charge in [0.05, 0.1) is 17.6 Å². The Morgan fingerprint density at radius 2 is 1.81 bits per heavy atom. The van der Waals surface area contributed by atoms with E-state index in [-0.39, 0.29) is 5.56 Å². The Kier molecular flexibility index (Phi) is 5.85. The fourth-order valence-electron chi connectivity index (χ4n) is 5.56. The molecule has 0 radical (unpaired) electrons. The summed E-state index contributed by atoms with van der Waals surface area (Å²) >= 11 is 0. The summed E-state index contributed by atoms with van der Waals surface area (Å²) in [4.78, 5) is 17.5. The number of aromatic amines is 1. The molecule has 0 bridgehead atoms. The number of hydrogen-bond donors (Lipinski definition) is 2. The zero-order valence-electron chi connectivity index (χ0n) is 18.4. The monoisotopic (exact) mass is 421 g/mol. The number of nitrogens with zero attached hydrogens (tertiary/aromatic N) is 4. The van der Waals surface area contributed by atoms with Crippen LogP contribution in [-0.2, 0) is 13.1 Å². The summed E-state index contributed by atoms with van der Waals surface area (Å²) in [5.41, 5.74) is 2.96. The molecule has 164 valence electrons. The predicted octanol–water partition coefficient (Wildman–Crippen LogP) is 2.86. The Morgan fingerprint density at radius 3 is 2.61 bits per heavy atom. The second-order valence-corrected chi connectivity index (χ2v) is 9.54. The van der Waals surface area contributed by atoms with E-state index in [0.717, 1.165) is 34.4 Å². The van der Waals surface area contributed by atoms with Gasteiger partial charge in [0.25, 0.3) is 5.56 Å². The Balaban J connectivity index is 1.44. The average Bonchev–Trinajstić information content (AvgIpc) is 3.46. The van der Waals surface area contributed by atoms with Crippen LogP contribution in [0.1, 0.15) is 80.8 Å². The van der Waals surface area contributed by atoms with Crippen molar-refractivity contribution >= 4 is 10.9 Å². The van der Waals surface area contributed by atoms with E-state index >= 15 is 0 Å². The molecule has 3 aromatic rings. The lowest BCUT2D eigenvalue weighted by Crippen LogP contribution is -3.13. The molecular formula is C24H33N6O+. The molecule has 0 spiro atoms. The van der Waals surface area contributed by atoms with Crippen LogP contribution in [0.25, 0.3) is 10.9 Å². The molecule has 2 N–H and O–H groups in total. The van der Waals surface area contributed by atoms with Crippen molar-refractivity contribution in [2.24, 2.45) is 0 Å². The normalized spacial score (nSPS) is 19.3. The SMILES string of the molecule is Cc1ccc2cc(C[NH+](Cc3nnnn3C3CCCC3)C3CCCCC3)c(=O)[nH]c2c1. The van der Waals surface area contributed by atoms with E-state index in [9.17, 15) is 4.79 Å². The Morgan fingerprint density at radius 1 is 1.03 bits per heavy atom. The smallest absolute Gasteiger partial charge is 0.257 e. The number of tetrazole rings is 1. The van der Waals surface area contributed by atoms with Crippen molar-refractivity contribution < 1.29 is 4.90 Å². The highest BCUT2D eigenvalue weighted by molar-refractivity contribution is 5.79. The van der Waals surface area contributed by atoms with E-state index < -0.39 is 0 Å². The maximum atomic E-state index is 12.9. The molecule has 2 aliphatic carbocycles. The van der Waals surface area contributed by atoms with Gasteiger partial charge < -0.3 is 9.88 Å². The molecule has 7 heteroatoms. The molecule has 5 rings (SSSR count). The number of H-pyrrole nitrogens is 1. The molecular weight excluding hydrogens is 388 g/mol. The molecule has 7 nitrogen and oxygen atoms in total. The zero-order valence-corrected chi connectivity index (χ0v) is 18.4. The first-order valence-corrected chi connectivity index (χ1v) is 11.9. The first-order chi connectivity index (χ1) is 15.2. The van der Waals surface area contributed by atoms with Crippen LogP contribution in [0.15, 0.2) is 29.1 Å². The molecule has 2 heterocycles. The molecule has 1 atom stereocenters. The lowest BCUT2D eigenvalue weighted by atomic mass is 9.93. The summed E-state index contributed by atoms with van der Waals surface area (Å²) in [5.74, 6) is 0.973. The van der Waals surface area contributed by atoms with E-state index in [1.165, 1.54) is 62.7 Å². The zero-order chi connectivity index (χ0) is 21.2. The average molecular weight is 422 g/mol. The van der Waals surface area contributed by atoms with Gasteiger partial charge >= 0.3 is 0 Å². The first-order valence-electron chi connectivity index (χ1n) is 11.9. The maximum Gasteiger partial charge on any atom is 0.257 e. The Hall–Kier alpha value is -2.54. The van der Waals surface area contributed by atoms with E-state index in [2.05, 4.69) is 50.3 Å². The Labute approximate surface area is 182 Å². The van der Waals surface area contributed by atoms with Crippen LogP contribution in [0.2, 0.25) is 0 Å². The molecule has 2 saturated carbocycles. The quantitative estimate of drug-likeness (QED) is 0.641. The summed E-state index contributed by atoms with van der Waals surface area (Å²) in [5, 5.41) is 13.9. The van der Waals surface area contributed by atoms with Crippen molar-refractivity contribution in [3.63, 3.8) is 0 Å². The number of rotatable bonds is 6. The van der Waals surface area contributed by atoms with Crippen molar-refractivity contribution in [3.05, 3.63) is 51.6 Å². The molecule has 31 heavy (non-hydrogen) atoms. The van der Waals surface area contributed by atoms with Gasteiger partial charge in [-0.1, -0.05) is 31.4 Å². The van der Waals surface area contributed by atoms with Gasteiger partial charge in [-0.15, -0.1) is 5.10 Å². The molecule has 2 aliphatic rings. The Bertz CT molecular complexity index is 1090. The molecule has 2 fully saturated rings. The van der Waals surface area contributed by atoms with Gasteiger partial charge in [-0.2, -0.15) is 0 Å². The number of quaternary nitrogens is 1. The number of aryl methyl sites for hydroxylation is 1. The molecule has 2 aromatic heterocycles. The molecule has 0 amide bonds. The first kappa shape index (κ1) is 20.4. The van der Waals surface area contributed by atoms with Crippen LogP contribution in [-0.4, -0.2) is 31.2 Å². The van der Waals surface area contributed by atoms with Gasteiger partial charge in [0.1, 0.15) is 13.1 Å². The number of benzene rings is 1. The largest absolute Gasteiger partial charge is 0.322 e. The minimum atomic E-state index is 0.0294. The summed E-state index contributed by atoms with van der Waals surface area (Å²) in [6, 6.07) is 9.32. The lowest BCUT2D eigenvalue weighted by Gasteiger charge is -2.31. The van der Waals surface area contributed by atoms with Crippen LogP contribution in [0.4, 0.5) is 0 Å². The van der Waals surface area contributed by atoms with Crippen LogP contribution in [0, 0.1) is 6.92 Å². The lowest BCUT2D eigenvalue weighted by molar-refractivity contribution is -0.954. The molecule has 0 saturated heterocycles. The second kappa shape index (κ2) is 8.91. The molecule has 0 aliphatic heterocycles. The third-order valence-corrected chi connectivity index (χ3v) is 7.30. The van der Waals surface area contributed by atoms with Gasteiger partial charge in [0.15, 0.2) is 0 Å². The summed E-state index contributed by atoms with van der Waals surface area (Å²) in [6.07, 6.45) is 11.1. The molecule has 1 unspecified atom stereocenters. The number of fused-ring (bicyclic) bond motifs is 1. The van der Waals surface area contributed by atoms with Crippen molar-refractivity contribution in [2.45, 2.75) is 89.9 Å². The van der Waals surface area contributed by atoms with E-state index in [0.29, 0.717) is 18.6 Å². The van der Waals surface area contributed by atoms with E-state index in [1.54, 1.807) is 0 Å². The van der Waals surface area contributed by atoms with Crippen molar-refractivity contribution in [1.82, 2.24) is 25.2 Å². The minimum Gasteiger partial charge on any atom is -0.322 e. The number of nitrogens with one attached hydrogen (secondary N) is 2. The van der Waals surface area contributed by atoms with Gasteiger partial charge in [0.2, 0.25) is 5.82 Å². The van der Waals surface area contributed by atoms with Gasteiger partial charge in [0, 0.05) is 5.52 Å². The van der Waals surface area contributed by atoms with Crippen molar-refractivity contribution in [3.8, 4) is 0 Å². The predicted molar refractivity (Wildman–Crippen MR) is 120 cm³/mol. The highest BCUT2D eigenvalue weighted by Gasteiger charge is 2.29. The van der Waals surface area contributed by atoms with Crippen LogP contribution >= 0.6 is 0 Å². The van der Waals surface area contributed by atoms with Crippen LogP contribution < -0.4 is 10.5 Å². The van der Waals surface area contributed by atoms with Crippen LogP contribution in [0.3, 0.4) is 0 Å². The second-order valence-electron chi connectivity index (χ2n) is 9.54.